The second-order valence-corrected chi connectivity index (χ2v) is 4.15. The number of carboxylic acid groups (broad SMARTS) is 1. The van der Waals surface area contributed by atoms with Gasteiger partial charge in [-0.05, 0) is 18.4 Å². The quantitative estimate of drug-likeness (QED) is 0.846. The zero-order valence-electron chi connectivity index (χ0n) is 9.82. The molecule has 1 heterocycles. The zero-order chi connectivity index (χ0) is 12.3. The second-order valence-electron chi connectivity index (χ2n) is 4.15. The molecule has 0 bridgehead atoms. The Morgan fingerprint density at radius 1 is 1.62 bits per heavy atom. The number of aromatic nitrogens is 1. The van der Waals surface area contributed by atoms with E-state index in [-0.39, 0.29) is 12.3 Å². The maximum atomic E-state index is 10.5. The summed E-state index contributed by atoms with van der Waals surface area (Å²) in [5.74, 6) is -0.543. The molecule has 0 unspecified atom stereocenters. The lowest BCUT2D eigenvalue weighted by Gasteiger charge is -2.08. The van der Waals surface area contributed by atoms with Gasteiger partial charge < -0.3 is 9.67 Å². The third-order valence-electron chi connectivity index (χ3n) is 2.66. The van der Waals surface area contributed by atoms with Gasteiger partial charge in [0.25, 0.3) is 0 Å². The largest absolute Gasteiger partial charge is 0.481 e. The molecule has 16 heavy (non-hydrogen) atoms. The molecule has 0 fully saturated rings. The molecule has 0 aliphatic heterocycles. The number of carbonyl (C=O) groups is 1. The smallest absolute Gasteiger partial charge is 0.305 e. The van der Waals surface area contributed by atoms with Crippen LogP contribution in [0.3, 0.4) is 0 Å². The molecule has 0 spiro atoms. The summed E-state index contributed by atoms with van der Waals surface area (Å²) in [6.45, 7) is 6.41. The van der Waals surface area contributed by atoms with Crippen LogP contribution in [0.15, 0.2) is 6.20 Å². The van der Waals surface area contributed by atoms with Crippen molar-refractivity contribution in [1.82, 2.24) is 4.57 Å². The molecule has 0 saturated carbocycles. The number of carboxylic acids is 1. The van der Waals surface area contributed by atoms with E-state index in [2.05, 4.69) is 6.07 Å². The molecular formula is C12H16N2O2. The average Bonchev–Trinajstić information content (AvgIpc) is 2.52. The zero-order valence-corrected chi connectivity index (χ0v) is 9.82. The van der Waals surface area contributed by atoms with Gasteiger partial charge in [-0.3, -0.25) is 4.79 Å². The van der Waals surface area contributed by atoms with Gasteiger partial charge in [-0.1, -0.05) is 13.8 Å². The molecule has 0 radical (unpaired) electrons. The van der Waals surface area contributed by atoms with Gasteiger partial charge in [0.05, 0.1) is 12.0 Å². The summed E-state index contributed by atoms with van der Waals surface area (Å²) < 4.78 is 1.85. The van der Waals surface area contributed by atoms with Crippen LogP contribution in [-0.4, -0.2) is 15.6 Å². The first-order valence-corrected chi connectivity index (χ1v) is 5.28. The van der Waals surface area contributed by atoms with Crippen LogP contribution in [0.25, 0.3) is 0 Å². The van der Waals surface area contributed by atoms with Gasteiger partial charge in [0, 0.05) is 18.4 Å². The minimum atomic E-state index is -0.822. The molecule has 0 aliphatic rings. The molecule has 1 rings (SSSR count). The topological polar surface area (TPSA) is 66.0 Å². The van der Waals surface area contributed by atoms with Gasteiger partial charge in [0.1, 0.15) is 6.07 Å². The Kier molecular flexibility index (Phi) is 3.73. The fraction of sp³-hybridized carbons (Fsp3) is 0.500. The van der Waals surface area contributed by atoms with Gasteiger partial charge in [-0.25, -0.2) is 0 Å². The molecule has 0 amide bonds. The van der Waals surface area contributed by atoms with E-state index in [1.165, 1.54) is 0 Å². The predicted octanol–water partition coefficient (Wildman–Crippen LogP) is 2.27. The normalized spacial score (nSPS) is 10.4. The van der Waals surface area contributed by atoms with Crippen molar-refractivity contribution in [3.05, 3.63) is 23.0 Å². The number of nitrogens with zero attached hydrogens (tertiary/aromatic N) is 2. The van der Waals surface area contributed by atoms with Crippen molar-refractivity contribution in [3.8, 4) is 6.07 Å². The van der Waals surface area contributed by atoms with Crippen LogP contribution in [0, 0.1) is 18.3 Å². The first-order valence-electron chi connectivity index (χ1n) is 5.28. The molecular weight excluding hydrogens is 204 g/mol. The highest BCUT2D eigenvalue weighted by atomic mass is 16.4. The number of nitriles is 1. The highest BCUT2D eigenvalue weighted by molar-refractivity contribution is 5.66. The van der Waals surface area contributed by atoms with Crippen molar-refractivity contribution in [2.24, 2.45) is 0 Å². The average molecular weight is 220 g/mol. The Morgan fingerprint density at radius 3 is 2.62 bits per heavy atom. The number of hydrogen-bond donors (Lipinski definition) is 1. The number of hydrogen-bond acceptors (Lipinski definition) is 2. The fourth-order valence-electron chi connectivity index (χ4n) is 1.94. The van der Waals surface area contributed by atoms with E-state index in [4.69, 9.17) is 10.4 Å². The Morgan fingerprint density at radius 2 is 2.25 bits per heavy atom. The first kappa shape index (κ1) is 12.3. The highest BCUT2D eigenvalue weighted by Crippen LogP contribution is 2.25. The van der Waals surface area contributed by atoms with E-state index in [0.717, 1.165) is 11.3 Å². The lowest BCUT2D eigenvalue weighted by molar-refractivity contribution is -0.137. The summed E-state index contributed by atoms with van der Waals surface area (Å²) >= 11 is 0. The SMILES string of the molecule is Cc1c(C(C)C)c(C#N)cn1CCC(=O)O. The Bertz CT molecular complexity index is 439. The van der Waals surface area contributed by atoms with E-state index in [1.54, 1.807) is 6.20 Å². The van der Waals surface area contributed by atoms with Gasteiger partial charge in [-0.2, -0.15) is 5.26 Å². The highest BCUT2D eigenvalue weighted by Gasteiger charge is 2.15. The lowest BCUT2D eigenvalue weighted by Crippen LogP contribution is -2.05. The van der Waals surface area contributed by atoms with Crippen LogP contribution in [0.1, 0.15) is 43.0 Å². The van der Waals surface area contributed by atoms with E-state index < -0.39 is 5.97 Å². The van der Waals surface area contributed by atoms with Crippen LogP contribution >= 0.6 is 0 Å². The molecule has 1 aromatic rings. The molecule has 1 aromatic heterocycles. The van der Waals surface area contributed by atoms with Crippen molar-refractivity contribution in [3.63, 3.8) is 0 Å². The summed E-state index contributed by atoms with van der Waals surface area (Å²) in [4.78, 5) is 10.5. The minimum Gasteiger partial charge on any atom is -0.481 e. The van der Waals surface area contributed by atoms with Crippen LogP contribution in [0.2, 0.25) is 0 Å². The minimum absolute atomic E-state index is 0.0813. The molecule has 0 atom stereocenters. The van der Waals surface area contributed by atoms with Crippen LogP contribution in [0.5, 0.6) is 0 Å². The molecule has 86 valence electrons. The van der Waals surface area contributed by atoms with Gasteiger partial charge in [0.15, 0.2) is 0 Å². The Balaban J connectivity index is 3.04. The standard InChI is InChI=1S/C12H16N2O2/c1-8(2)12-9(3)14(5-4-11(15)16)7-10(12)6-13/h7-8H,4-5H2,1-3H3,(H,15,16). The Labute approximate surface area is 95.1 Å². The third kappa shape index (κ3) is 2.43. The van der Waals surface area contributed by atoms with E-state index in [0.29, 0.717) is 12.1 Å². The summed E-state index contributed by atoms with van der Waals surface area (Å²) in [5, 5.41) is 17.6. The number of aliphatic carboxylic acids is 1. The second kappa shape index (κ2) is 4.84. The first-order chi connectivity index (χ1) is 7.47. The molecule has 1 N–H and O–H groups in total. The van der Waals surface area contributed by atoms with Crippen molar-refractivity contribution in [2.45, 2.75) is 39.7 Å². The maximum Gasteiger partial charge on any atom is 0.305 e. The van der Waals surface area contributed by atoms with Crippen molar-refractivity contribution in [1.29, 1.82) is 5.26 Å². The van der Waals surface area contributed by atoms with Crippen molar-refractivity contribution < 1.29 is 9.90 Å². The van der Waals surface area contributed by atoms with Crippen molar-refractivity contribution in [2.75, 3.05) is 0 Å². The monoisotopic (exact) mass is 220 g/mol. The maximum absolute atomic E-state index is 10.5. The number of aryl methyl sites for hydroxylation is 1. The van der Waals surface area contributed by atoms with E-state index in [9.17, 15) is 4.79 Å². The summed E-state index contributed by atoms with van der Waals surface area (Å²) in [6.07, 6.45) is 1.82. The molecule has 0 aliphatic carbocycles. The summed E-state index contributed by atoms with van der Waals surface area (Å²) in [7, 11) is 0. The molecule has 0 aromatic carbocycles. The van der Waals surface area contributed by atoms with Crippen LogP contribution in [0.4, 0.5) is 0 Å². The predicted molar refractivity (Wildman–Crippen MR) is 60.2 cm³/mol. The Hall–Kier alpha value is -1.76. The summed E-state index contributed by atoms with van der Waals surface area (Å²) in [6, 6.07) is 2.16. The lowest BCUT2D eigenvalue weighted by atomic mass is 10.00. The third-order valence-corrected chi connectivity index (χ3v) is 2.66. The molecule has 4 heteroatoms. The van der Waals surface area contributed by atoms with Gasteiger partial charge >= 0.3 is 5.97 Å². The van der Waals surface area contributed by atoms with Crippen LogP contribution < -0.4 is 0 Å². The van der Waals surface area contributed by atoms with Gasteiger partial charge in [0.2, 0.25) is 0 Å². The molecule has 0 saturated heterocycles. The van der Waals surface area contributed by atoms with Crippen LogP contribution in [-0.2, 0) is 11.3 Å². The fourth-order valence-corrected chi connectivity index (χ4v) is 1.94. The van der Waals surface area contributed by atoms with Crippen molar-refractivity contribution >= 4 is 5.97 Å². The van der Waals surface area contributed by atoms with E-state index >= 15 is 0 Å². The van der Waals surface area contributed by atoms with Gasteiger partial charge in [-0.15, -0.1) is 0 Å². The number of rotatable bonds is 4. The summed E-state index contributed by atoms with van der Waals surface area (Å²) in [5.41, 5.74) is 2.67. The molecule has 4 nitrogen and oxygen atoms in total. The van der Waals surface area contributed by atoms with E-state index in [1.807, 2.05) is 25.3 Å².